The summed E-state index contributed by atoms with van der Waals surface area (Å²) in [5.41, 5.74) is 15.3. The molecule has 2 aromatic carbocycles. The molecule has 35 heavy (non-hydrogen) atoms. The Morgan fingerprint density at radius 1 is 1.23 bits per heavy atom. The molecule has 0 saturated carbocycles. The van der Waals surface area contributed by atoms with Crippen molar-refractivity contribution in [2.24, 2.45) is 5.73 Å². The summed E-state index contributed by atoms with van der Waals surface area (Å²) in [5, 5.41) is 14.1. The minimum absolute atomic E-state index is 0.273. The molecule has 0 spiro atoms. The van der Waals surface area contributed by atoms with Crippen molar-refractivity contribution in [3.8, 4) is 0 Å². The molecule has 0 saturated heterocycles. The Labute approximate surface area is 209 Å². The Balaban J connectivity index is 1.69. The molecule has 0 aliphatic heterocycles. The van der Waals surface area contributed by atoms with E-state index in [2.05, 4.69) is 47.7 Å². The molecule has 2 aromatic rings. The summed E-state index contributed by atoms with van der Waals surface area (Å²) in [4.78, 5) is 2.26. The fourth-order valence-electron chi connectivity index (χ4n) is 4.76. The molecule has 186 valence electrons. The van der Waals surface area contributed by atoms with Crippen LogP contribution in [-0.4, -0.2) is 37.3 Å². The maximum atomic E-state index is 14.5. The fourth-order valence-corrected chi connectivity index (χ4v) is 4.76. The average Bonchev–Trinajstić information content (AvgIpc) is 3.22. The first-order chi connectivity index (χ1) is 16.9. The van der Waals surface area contributed by atoms with Crippen molar-refractivity contribution in [3.05, 3.63) is 89.0 Å². The quantitative estimate of drug-likeness (QED) is 0.282. The number of nitrogens with zero attached hydrogens (tertiary/aromatic N) is 1. The van der Waals surface area contributed by atoms with Crippen LogP contribution in [0.4, 0.5) is 15.8 Å². The molecule has 0 radical (unpaired) electrons. The van der Waals surface area contributed by atoms with E-state index in [1.807, 2.05) is 13.0 Å². The molecular formula is C29H38FN5. The van der Waals surface area contributed by atoms with Crippen LogP contribution >= 0.6 is 0 Å². The van der Waals surface area contributed by atoms with Gasteiger partial charge in [-0.1, -0.05) is 32.2 Å². The van der Waals surface area contributed by atoms with Crippen LogP contribution in [-0.2, 0) is 19.3 Å². The Morgan fingerprint density at radius 2 is 2.03 bits per heavy atom. The minimum Gasteiger partial charge on any atom is -0.362 e. The highest BCUT2D eigenvalue weighted by Crippen LogP contribution is 2.34. The van der Waals surface area contributed by atoms with Crippen molar-refractivity contribution in [3.63, 3.8) is 0 Å². The van der Waals surface area contributed by atoms with Crippen LogP contribution in [0, 0.1) is 18.2 Å². The summed E-state index contributed by atoms with van der Waals surface area (Å²) in [5.74, 6) is -0.273. The number of hydrogen-bond donors (Lipinski definition) is 4. The number of allylic oxidation sites excluding steroid dienone is 1. The third-order valence-corrected chi connectivity index (χ3v) is 6.73. The van der Waals surface area contributed by atoms with E-state index in [1.165, 1.54) is 40.1 Å². The van der Waals surface area contributed by atoms with Crippen molar-refractivity contribution < 1.29 is 4.39 Å². The SMILES string of the molecule is C=CNc1cc(N/C=C(\C=N)CN(CCN)CCc2ccc3c(c2C)CCC3=C)cc(F)c1CC. The van der Waals surface area contributed by atoms with Crippen LogP contribution in [0.15, 0.2) is 55.4 Å². The lowest BCUT2D eigenvalue weighted by atomic mass is 9.96. The highest BCUT2D eigenvalue weighted by molar-refractivity contribution is 5.77. The van der Waals surface area contributed by atoms with Gasteiger partial charge in [-0.15, -0.1) is 0 Å². The molecule has 3 rings (SSSR count). The average molecular weight is 476 g/mol. The first-order valence-electron chi connectivity index (χ1n) is 12.3. The number of anilines is 2. The van der Waals surface area contributed by atoms with Crippen LogP contribution in [0.3, 0.4) is 0 Å². The van der Waals surface area contributed by atoms with Crippen molar-refractivity contribution in [1.29, 1.82) is 5.41 Å². The summed E-state index contributed by atoms with van der Waals surface area (Å²) in [6.45, 7) is 14.7. The van der Waals surface area contributed by atoms with Crippen LogP contribution in [0.1, 0.15) is 41.2 Å². The van der Waals surface area contributed by atoms with E-state index in [4.69, 9.17) is 11.1 Å². The molecule has 1 aliphatic rings. The molecular weight excluding hydrogens is 437 g/mol. The van der Waals surface area contributed by atoms with Gasteiger partial charge in [0.25, 0.3) is 0 Å². The molecule has 0 amide bonds. The van der Waals surface area contributed by atoms with Gasteiger partial charge in [0.05, 0.1) is 0 Å². The van der Waals surface area contributed by atoms with Gasteiger partial charge in [0.15, 0.2) is 0 Å². The molecule has 1 aliphatic carbocycles. The lowest BCUT2D eigenvalue weighted by Gasteiger charge is -2.23. The lowest BCUT2D eigenvalue weighted by molar-refractivity contribution is 0.311. The minimum atomic E-state index is -0.273. The fraction of sp³-hybridized carbons (Fsp3) is 0.345. The Bertz CT molecular complexity index is 1120. The zero-order valence-corrected chi connectivity index (χ0v) is 21.0. The highest BCUT2D eigenvalue weighted by Gasteiger charge is 2.18. The number of rotatable bonds is 13. The standard InChI is InChI=1S/C29H38FN5/c1-5-25-28(30)15-24(16-29(25)33-6-2)34-18-22(17-32)19-35(14-12-31)13-11-23-8-10-26-20(3)7-9-27(26)21(23)4/h6,8,10,15-18,32-34H,2-3,5,7,9,11-14,19,31H2,1,4H3/b22-18+,32-17?. The Morgan fingerprint density at radius 3 is 2.71 bits per heavy atom. The monoisotopic (exact) mass is 475 g/mol. The lowest BCUT2D eigenvalue weighted by Crippen LogP contribution is -2.33. The largest absolute Gasteiger partial charge is 0.362 e. The van der Waals surface area contributed by atoms with Gasteiger partial charge >= 0.3 is 0 Å². The summed E-state index contributed by atoms with van der Waals surface area (Å²) < 4.78 is 14.5. The molecule has 0 heterocycles. The molecule has 5 N–H and O–H groups in total. The normalized spacial score (nSPS) is 13.2. The Kier molecular flexibility index (Phi) is 9.40. The van der Waals surface area contributed by atoms with Gasteiger partial charge in [-0.25, -0.2) is 4.39 Å². The van der Waals surface area contributed by atoms with Crippen molar-refractivity contribution >= 4 is 23.2 Å². The number of benzene rings is 2. The van der Waals surface area contributed by atoms with Gasteiger partial charge in [-0.05, 0) is 84.3 Å². The molecule has 6 heteroatoms. The van der Waals surface area contributed by atoms with Gasteiger partial charge < -0.3 is 21.8 Å². The summed E-state index contributed by atoms with van der Waals surface area (Å²) in [6.07, 6.45) is 8.27. The van der Waals surface area contributed by atoms with Gasteiger partial charge in [0.2, 0.25) is 0 Å². The third kappa shape index (κ3) is 6.47. The first kappa shape index (κ1) is 26.4. The summed E-state index contributed by atoms with van der Waals surface area (Å²) in [6, 6.07) is 7.77. The molecule has 0 bridgehead atoms. The maximum Gasteiger partial charge on any atom is 0.130 e. The van der Waals surface area contributed by atoms with Crippen molar-refractivity contribution in [2.75, 3.05) is 36.8 Å². The van der Waals surface area contributed by atoms with Crippen LogP contribution < -0.4 is 16.4 Å². The number of nitrogens with one attached hydrogen (secondary N) is 3. The summed E-state index contributed by atoms with van der Waals surface area (Å²) >= 11 is 0. The van der Waals surface area contributed by atoms with E-state index in [1.54, 1.807) is 12.4 Å². The van der Waals surface area contributed by atoms with Crippen LogP contribution in [0.2, 0.25) is 0 Å². The van der Waals surface area contributed by atoms with Gasteiger partial charge in [0.1, 0.15) is 5.82 Å². The Hall–Kier alpha value is -3.22. The van der Waals surface area contributed by atoms with E-state index in [0.717, 1.165) is 37.9 Å². The predicted octanol–water partition coefficient (Wildman–Crippen LogP) is 5.66. The van der Waals surface area contributed by atoms with E-state index >= 15 is 0 Å². The van der Waals surface area contributed by atoms with Crippen molar-refractivity contribution in [2.45, 2.75) is 39.5 Å². The third-order valence-electron chi connectivity index (χ3n) is 6.73. The van der Waals surface area contributed by atoms with Crippen LogP contribution in [0.25, 0.3) is 5.57 Å². The highest BCUT2D eigenvalue weighted by atomic mass is 19.1. The predicted molar refractivity (Wildman–Crippen MR) is 148 cm³/mol. The maximum absolute atomic E-state index is 14.5. The number of fused-ring (bicyclic) bond motifs is 1. The summed E-state index contributed by atoms with van der Waals surface area (Å²) in [7, 11) is 0. The van der Waals surface area contributed by atoms with Crippen LogP contribution in [0.5, 0.6) is 0 Å². The van der Waals surface area contributed by atoms with Gasteiger partial charge in [-0.3, -0.25) is 4.90 Å². The van der Waals surface area contributed by atoms with Gasteiger partial charge in [0, 0.05) is 55.5 Å². The number of nitrogens with two attached hydrogens (primary N) is 1. The zero-order chi connectivity index (χ0) is 25.4. The smallest absolute Gasteiger partial charge is 0.130 e. The van der Waals surface area contributed by atoms with Gasteiger partial charge in [-0.2, -0.15) is 0 Å². The second-order valence-electron chi connectivity index (χ2n) is 8.99. The van der Waals surface area contributed by atoms with Crippen molar-refractivity contribution in [1.82, 2.24) is 4.90 Å². The second kappa shape index (κ2) is 12.5. The number of hydrogen-bond acceptors (Lipinski definition) is 5. The molecule has 0 fully saturated rings. The molecule has 5 nitrogen and oxygen atoms in total. The first-order valence-corrected chi connectivity index (χ1v) is 12.3. The second-order valence-corrected chi connectivity index (χ2v) is 8.99. The zero-order valence-electron chi connectivity index (χ0n) is 21.0. The topological polar surface area (TPSA) is 77.2 Å². The van der Waals surface area contributed by atoms with E-state index in [0.29, 0.717) is 36.4 Å². The molecule has 0 aromatic heterocycles. The molecule has 0 atom stereocenters. The molecule has 0 unspecified atom stereocenters. The van der Waals surface area contributed by atoms with E-state index < -0.39 is 0 Å². The van der Waals surface area contributed by atoms with E-state index in [-0.39, 0.29) is 5.82 Å². The number of halogens is 1. The van der Waals surface area contributed by atoms with E-state index in [9.17, 15) is 4.39 Å².